The van der Waals surface area contributed by atoms with Gasteiger partial charge in [-0.2, -0.15) is 4.39 Å². The first-order chi connectivity index (χ1) is 10.2. The summed E-state index contributed by atoms with van der Waals surface area (Å²) in [7, 11) is 0. The van der Waals surface area contributed by atoms with Crippen LogP contribution in [-0.4, -0.2) is 9.97 Å². The van der Waals surface area contributed by atoms with Crippen LogP contribution in [0.1, 0.15) is 11.4 Å². The Labute approximate surface area is 119 Å². The molecule has 0 bridgehead atoms. The van der Waals surface area contributed by atoms with Gasteiger partial charge in [0.25, 0.3) is 0 Å². The van der Waals surface area contributed by atoms with Crippen LogP contribution in [-0.2, 0) is 13.2 Å². The number of hydrogen-bond donors (Lipinski definition) is 2. The molecule has 0 saturated heterocycles. The fourth-order valence-electron chi connectivity index (χ4n) is 2.10. The van der Waals surface area contributed by atoms with Gasteiger partial charge in [-0.05, 0) is 24.3 Å². The van der Waals surface area contributed by atoms with Crippen LogP contribution in [0.5, 0.6) is 5.75 Å². The van der Waals surface area contributed by atoms with Gasteiger partial charge in [0.2, 0.25) is 5.95 Å². The molecule has 1 aromatic carbocycles. The molecule has 0 saturated carbocycles. The van der Waals surface area contributed by atoms with Crippen molar-refractivity contribution in [2.75, 3.05) is 0 Å². The number of pyridine rings is 1. The van der Waals surface area contributed by atoms with E-state index in [4.69, 9.17) is 10.5 Å². The molecular weight excluding hydrogens is 276 g/mol. The van der Waals surface area contributed by atoms with Gasteiger partial charge < -0.3 is 15.5 Å². The highest BCUT2D eigenvalue weighted by Crippen LogP contribution is 2.25. The molecule has 0 atom stereocenters. The van der Waals surface area contributed by atoms with Crippen LogP contribution in [0, 0.1) is 11.8 Å². The van der Waals surface area contributed by atoms with Gasteiger partial charge in [0, 0.05) is 29.2 Å². The molecule has 2 heterocycles. The van der Waals surface area contributed by atoms with Crippen LogP contribution in [0.3, 0.4) is 0 Å². The molecule has 3 aromatic rings. The number of nitrogens with two attached hydrogens (primary N) is 1. The van der Waals surface area contributed by atoms with Crippen molar-refractivity contribution in [2.45, 2.75) is 13.2 Å². The SMILES string of the molecule is NCc1cc2cc(F)c(OCc3cccc(F)n3)cc2[nH]1. The van der Waals surface area contributed by atoms with Gasteiger partial charge in [0.15, 0.2) is 11.6 Å². The lowest BCUT2D eigenvalue weighted by atomic mass is 10.2. The number of benzene rings is 1. The van der Waals surface area contributed by atoms with E-state index >= 15 is 0 Å². The Morgan fingerprint density at radius 1 is 1.19 bits per heavy atom. The minimum Gasteiger partial charge on any atom is -0.484 e. The zero-order valence-corrected chi connectivity index (χ0v) is 11.1. The predicted molar refractivity (Wildman–Crippen MR) is 74.7 cm³/mol. The molecule has 0 fully saturated rings. The second-order valence-corrected chi connectivity index (χ2v) is 4.61. The Hall–Kier alpha value is -2.47. The second-order valence-electron chi connectivity index (χ2n) is 4.61. The first-order valence-corrected chi connectivity index (χ1v) is 6.41. The average Bonchev–Trinajstić information content (AvgIpc) is 2.86. The lowest BCUT2D eigenvalue weighted by Gasteiger charge is -2.07. The minimum absolute atomic E-state index is 0.00928. The summed E-state index contributed by atoms with van der Waals surface area (Å²) in [6.45, 7) is 0.338. The lowest BCUT2D eigenvalue weighted by molar-refractivity contribution is 0.285. The summed E-state index contributed by atoms with van der Waals surface area (Å²) < 4.78 is 32.3. The number of aromatic nitrogens is 2. The third-order valence-electron chi connectivity index (χ3n) is 3.10. The van der Waals surface area contributed by atoms with E-state index in [1.54, 1.807) is 18.2 Å². The molecule has 21 heavy (non-hydrogen) atoms. The molecule has 2 aromatic heterocycles. The standard InChI is InChI=1S/C15H13F2N3O/c16-12-5-9-4-11(7-18)19-13(9)6-14(12)21-8-10-2-1-3-15(17)20-10/h1-6,19H,7-8,18H2. The molecule has 3 rings (SSSR count). The maximum Gasteiger partial charge on any atom is 0.213 e. The Balaban J connectivity index is 1.84. The molecule has 0 radical (unpaired) electrons. The number of ether oxygens (including phenoxy) is 1. The molecule has 0 aliphatic rings. The van der Waals surface area contributed by atoms with Crippen LogP contribution in [0.2, 0.25) is 0 Å². The summed E-state index contributed by atoms with van der Waals surface area (Å²) in [5.74, 6) is -0.996. The normalized spacial score (nSPS) is 11.0. The van der Waals surface area contributed by atoms with E-state index in [0.717, 1.165) is 16.6 Å². The van der Waals surface area contributed by atoms with Crippen LogP contribution in [0.25, 0.3) is 10.9 Å². The Morgan fingerprint density at radius 2 is 2.05 bits per heavy atom. The molecule has 4 nitrogen and oxygen atoms in total. The largest absolute Gasteiger partial charge is 0.484 e. The topological polar surface area (TPSA) is 63.9 Å². The smallest absolute Gasteiger partial charge is 0.213 e. The number of halogens is 2. The number of aromatic amines is 1. The summed E-state index contributed by atoms with van der Waals surface area (Å²) in [6, 6.07) is 9.10. The Morgan fingerprint density at radius 3 is 2.81 bits per heavy atom. The van der Waals surface area contributed by atoms with Crippen molar-refractivity contribution < 1.29 is 13.5 Å². The summed E-state index contributed by atoms with van der Waals surface area (Å²) in [5.41, 5.74) is 7.48. The van der Waals surface area contributed by atoms with E-state index in [9.17, 15) is 8.78 Å². The van der Waals surface area contributed by atoms with Gasteiger partial charge in [-0.15, -0.1) is 0 Å². The van der Waals surface area contributed by atoms with Gasteiger partial charge in [-0.3, -0.25) is 0 Å². The van der Waals surface area contributed by atoms with E-state index in [1.165, 1.54) is 18.2 Å². The molecule has 0 aliphatic carbocycles. The average molecular weight is 289 g/mol. The number of nitrogens with zero attached hydrogens (tertiary/aromatic N) is 1. The van der Waals surface area contributed by atoms with Crippen LogP contribution >= 0.6 is 0 Å². The van der Waals surface area contributed by atoms with Crippen molar-refractivity contribution >= 4 is 10.9 Å². The van der Waals surface area contributed by atoms with Gasteiger partial charge in [0.1, 0.15) is 6.61 Å². The van der Waals surface area contributed by atoms with Gasteiger partial charge in [0.05, 0.1) is 5.69 Å². The first-order valence-electron chi connectivity index (χ1n) is 6.41. The van der Waals surface area contributed by atoms with E-state index in [-0.39, 0.29) is 12.4 Å². The fourth-order valence-corrected chi connectivity index (χ4v) is 2.10. The zero-order chi connectivity index (χ0) is 14.8. The zero-order valence-electron chi connectivity index (χ0n) is 11.1. The van der Waals surface area contributed by atoms with E-state index < -0.39 is 11.8 Å². The lowest BCUT2D eigenvalue weighted by Crippen LogP contribution is -2.00. The minimum atomic E-state index is -0.594. The molecule has 0 spiro atoms. The van der Waals surface area contributed by atoms with Gasteiger partial charge in [-0.1, -0.05) is 6.07 Å². The summed E-state index contributed by atoms with van der Waals surface area (Å²) in [5, 5.41) is 0.726. The third kappa shape index (κ3) is 2.85. The highest BCUT2D eigenvalue weighted by molar-refractivity contribution is 5.82. The van der Waals surface area contributed by atoms with Crippen molar-refractivity contribution in [3.63, 3.8) is 0 Å². The molecular formula is C15H13F2N3O. The number of rotatable bonds is 4. The van der Waals surface area contributed by atoms with E-state index in [1.807, 2.05) is 0 Å². The monoisotopic (exact) mass is 289 g/mol. The van der Waals surface area contributed by atoms with Crippen LogP contribution in [0.15, 0.2) is 36.4 Å². The molecule has 0 unspecified atom stereocenters. The van der Waals surface area contributed by atoms with Gasteiger partial charge >= 0.3 is 0 Å². The molecule has 3 N–H and O–H groups in total. The molecule has 108 valence electrons. The predicted octanol–water partition coefficient (Wildman–Crippen LogP) is 2.88. The Kier molecular flexibility index (Phi) is 3.53. The number of nitrogens with one attached hydrogen (secondary N) is 1. The van der Waals surface area contributed by atoms with Crippen molar-refractivity contribution in [3.8, 4) is 5.75 Å². The van der Waals surface area contributed by atoms with Crippen molar-refractivity contribution in [1.29, 1.82) is 0 Å². The highest BCUT2D eigenvalue weighted by atomic mass is 19.1. The summed E-state index contributed by atoms with van der Waals surface area (Å²) in [4.78, 5) is 6.73. The van der Waals surface area contributed by atoms with E-state index in [2.05, 4.69) is 9.97 Å². The summed E-state index contributed by atoms with van der Waals surface area (Å²) >= 11 is 0. The quantitative estimate of drug-likeness (QED) is 0.726. The maximum absolute atomic E-state index is 14.0. The molecule has 6 heteroatoms. The molecule has 0 aliphatic heterocycles. The van der Waals surface area contributed by atoms with Gasteiger partial charge in [-0.25, -0.2) is 9.37 Å². The number of H-pyrrole nitrogens is 1. The van der Waals surface area contributed by atoms with E-state index in [0.29, 0.717) is 12.2 Å². The van der Waals surface area contributed by atoms with Crippen molar-refractivity contribution in [3.05, 3.63) is 59.6 Å². The first kappa shape index (κ1) is 13.5. The third-order valence-corrected chi connectivity index (χ3v) is 3.10. The highest BCUT2D eigenvalue weighted by Gasteiger charge is 2.09. The van der Waals surface area contributed by atoms with Crippen molar-refractivity contribution in [2.24, 2.45) is 5.73 Å². The second kappa shape index (κ2) is 5.49. The number of hydrogen-bond acceptors (Lipinski definition) is 3. The van der Waals surface area contributed by atoms with Crippen LogP contribution in [0.4, 0.5) is 8.78 Å². The number of fused-ring (bicyclic) bond motifs is 1. The van der Waals surface area contributed by atoms with Crippen molar-refractivity contribution in [1.82, 2.24) is 9.97 Å². The fraction of sp³-hybridized carbons (Fsp3) is 0.133. The van der Waals surface area contributed by atoms with Crippen LogP contribution < -0.4 is 10.5 Å². The Bertz CT molecular complexity index is 786. The maximum atomic E-state index is 14.0. The summed E-state index contributed by atoms with van der Waals surface area (Å²) in [6.07, 6.45) is 0. The molecule has 0 amide bonds.